The van der Waals surface area contributed by atoms with E-state index in [1.807, 2.05) is 30.3 Å². The van der Waals surface area contributed by atoms with E-state index in [0.29, 0.717) is 5.69 Å². The minimum atomic E-state index is -4.52. The maximum Gasteiger partial charge on any atom is 0.416 e. The van der Waals surface area contributed by atoms with Crippen LogP contribution in [0, 0.1) is 0 Å². The number of alkyl halides is 3. The summed E-state index contributed by atoms with van der Waals surface area (Å²) in [5, 5.41) is 2.50. The van der Waals surface area contributed by atoms with Crippen molar-refractivity contribution in [2.75, 3.05) is 17.3 Å². The first kappa shape index (κ1) is 17.6. The average Bonchev–Trinajstić information content (AvgIpc) is 3.16. The molecule has 26 heavy (non-hydrogen) atoms. The van der Waals surface area contributed by atoms with Crippen molar-refractivity contribution in [2.24, 2.45) is 0 Å². The molecule has 4 nitrogen and oxygen atoms in total. The van der Waals surface area contributed by atoms with Crippen LogP contribution in [0.3, 0.4) is 0 Å². The number of nitrogens with one attached hydrogen (secondary N) is 1. The highest BCUT2D eigenvalue weighted by Gasteiger charge is 2.31. The molecule has 2 aromatic carbocycles. The summed E-state index contributed by atoms with van der Waals surface area (Å²) in [6.45, 7) is 0. The molecule has 0 aliphatic carbocycles. The predicted octanol–water partition coefficient (Wildman–Crippen LogP) is 5.32. The Morgan fingerprint density at radius 2 is 1.77 bits per heavy atom. The summed E-state index contributed by atoms with van der Waals surface area (Å²) >= 11 is 0. The van der Waals surface area contributed by atoms with Gasteiger partial charge in [-0.15, -0.1) is 0 Å². The van der Waals surface area contributed by atoms with Crippen molar-refractivity contribution in [3.63, 3.8) is 0 Å². The minimum absolute atomic E-state index is 0.00993. The summed E-state index contributed by atoms with van der Waals surface area (Å²) in [5.41, 5.74) is 0.370. The Morgan fingerprint density at radius 3 is 2.38 bits per heavy atom. The fourth-order valence-electron chi connectivity index (χ4n) is 2.49. The van der Waals surface area contributed by atoms with Crippen molar-refractivity contribution < 1.29 is 22.4 Å². The fraction of sp³-hybridized carbons (Fsp3) is 0.105. The van der Waals surface area contributed by atoms with Crippen molar-refractivity contribution in [3.8, 4) is 0 Å². The van der Waals surface area contributed by atoms with Gasteiger partial charge in [0.1, 0.15) is 0 Å². The molecule has 0 atom stereocenters. The molecule has 1 amide bonds. The molecule has 7 heteroatoms. The van der Waals surface area contributed by atoms with E-state index < -0.39 is 17.6 Å². The zero-order valence-electron chi connectivity index (χ0n) is 13.7. The molecule has 0 saturated carbocycles. The molecule has 3 aromatic rings. The van der Waals surface area contributed by atoms with Crippen LogP contribution >= 0.6 is 0 Å². The smallest absolute Gasteiger partial charge is 0.416 e. The van der Waals surface area contributed by atoms with Crippen LogP contribution in [0.15, 0.2) is 71.3 Å². The third-order valence-electron chi connectivity index (χ3n) is 3.82. The molecule has 0 unspecified atom stereocenters. The maximum absolute atomic E-state index is 13.1. The fourth-order valence-corrected chi connectivity index (χ4v) is 2.49. The Kier molecular flexibility index (Phi) is 4.71. The second-order valence-corrected chi connectivity index (χ2v) is 5.56. The molecular formula is C19H15F3N2O2. The first-order chi connectivity index (χ1) is 12.4. The van der Waals surface area contributed by atoms with E-state index in [1.54, 1.807) is 11.9 Å². The molecule has 0 aliphatic heterocycles. The van der Waals surface area contributed by atoms with E-state index in [-0.39, 0.29) is 11.4 Å². The summed E-state index contributed by atoms with van der Waals surface area (Å²) in [7, 11) is 1.71. The van der Waals surface area contributed by atoms with Crippen molar-refractivity contribution in [2.45, 2.75) is 6.18 Å². The molecule has 0 bridgehead atoms. The highest BCUT2D eigenvalue weighted by Crippen LogP contribution is 2.37. The van der Waals surface area contributed by atoms with Gasteiger partial charge in [-0.2, -0.15) is 13.2 Å². The molecule has 0 saturated heterocycles. The SMILES string of the molecule is CN(c1ccccc1)c1ccc(C(F)(F)F)cc1NC(=O)c1ccco1. The number of benzene rings is 2. The molecule has 0 aliphatic rings. The lowest BCUT2D eigenvalue weighted by molar-refractivity contribution is -0.137. The second-order valence-electron chi connectivity index (χ2n) is 5.56. The Labute approximate surface area is 147 Å². The van der Waals surface area contributed by atoms with E-state index in [4.69, 9.17) is 4.42 Å². The van der Waals surface area contributed by atoms with Gasteiger partial charge in [0, 0.05) is 12.7 Å². The van der Waals surface area contributed by atoms with Gasteiger partial charge in [-0.25, -0.2) is 0 Å². The Bertz CT molecular complexity index is 891. The molecule has 0 spiro atoms. The van der Waals surface area contributed by atoms with Crippen LogP contribution < -0.4 is 10.2 Å². The Morgan fingerprint density at radius 1 is 1.04 bits per heavy atom. The van der Waals surface area contributed by atoms with Gasteiger partial charge in [0.15, 0.2) is 5.76 Å². The number of amides is 1. The van der Waals surface area contributed by atoms with Gasteiger partial charge in [0.2, 0.25) is 0 Å². The number of nitrogens with zero attached hydrogens (tertiary/aromatic N) is 1. The number of halogens is 3. The lowest BCUT2D eigenvalue weighted by Gasteiger charge is -2.23. The van der Waals surface area contributed by atoms with E-state index in [9.17, 15) is 18.0 Å². The summed E-state index contributed by atoms with van der Waals surface area (Å²) < 4.78 is 44.3. The summed E-state index contributed by atoms with van der Waals surface area (Å²) in [6.07, 6.45) is -3.20. The van der Waals surface area contributed by atoms with Gasteiger partial charge >= 0.3 is 6.18 Å². The van der Waals surface area contributed by atoms with Crippen LogP contribution in [-0.4, -0.2) is 13.0 Å². The first-order valence-electron chi connectivity index (χ1n) is 7.71. The van der Waals surface area contributed by atoms with Crippen molar-refractivity contribution in [1.29, 1.82) is 0 Å². The number of anilines is 3. The number of carbonyl (C=O) groups excluding carboxylic acids is 1. The second kappa shape index (κ2) is 6.95. The van der Waals surface area contributed by atoms with Gasteiger partial charge in [-0.3, -0.25) is 4.79 Å². The van der Waals surface area contributed by atoms with Gasteiger partial charge in [-0.05, 0) is 42.5 Å². The number of hydrogen-bond acceptors (Lipinski definition) is 3. The molecule has 3 rings (SSSR count). The molecule has 1 heterocycles. The topological polar surface area (TPSA) is 45.5 Å². The maximum atomic E-state index is 13.1. The van der Waals surface area contributed by atoms with E-state index >= 15 is 0 Å². The van der Waals surface area contributed by atoms with Gasteiger partial charge in [0.25, 0.3) is 5.91 Å². The normalized spacial score (nSPS) is 11.2. The van der Waals surface area contributed by atoms with Crippen molar-refractivity contribution in [3.05, 3.63) is 78.3 Å². The number of furan rings is 1. The van der Waals surface area contributed by atoms with Crippen LogP contribution in [0.25, 0.3) is 0 Å². The number of rotatable bonds is 4. The van der Waals surface area contributed by atoms with Gasteiger partial charge in [0.05, 0.1) is 23.2 Å². The standard InChI is InChI=1S/C19H15F3N2O2/c1-24(14-6-3-2-4-7-14)16-10-9-13(19(20,21)22)12-15(16)23-18(25)17-8-5-11-26-17/h2-12H,1H3,(H,23,25). The molecule has 0 radical (unpaired) electrons. The Balaban J connectivity index is 2.01. The van der Waals surface area contributed by atoms with E-state index in [2.05, 4.69) is 5.32 Å². The van der Waals surface area contributed by atoms with Crippen LogP contribution in [0.5, 0.6) is 0 Å². The average molecular weight is 360 g/mol. The molecule has 1 N–H and O–H groups in total. The van der Waals surface area contributed by atoms with E-state index in [0.717, 1.165) is 17.8 Å². The Hall–Kier alpha value is -3.22. The lowest BCUT2D eigenvalue weighted by atomic mass is 10.1. The first-order valence-corrected chi connectivity index (χ1v) is 7.71. The van der Waals surface area contributed by atoms with Gasteiger partial charge < -0.3 is 14.6 Å². The summed E-state index contributed by atoms with van der Waals surface area (Å²) in [6, 6.07) is 15.3. The van der Waals surface area contributed by atoms with Crippen LogP contribution in [0.1, 0.15) is 16.1 Å². The largest absolute Gasteiger partial charge is 0.459 e. The van der Waals surface area contributed by atoms with Crippen molar-refractivity contribution in [1.82, 2.24) is 0 Å². The molecule has 134 valence electrons. The lowest BCUT2D eigenvalue weighted by Crippen LogP contribution is -2.17. The summed E-state index contributed by atoms with van der Waals surface area (Å²) in [5.74, 6) is -0.618. The third kappa shape index (κ3) is 3.72. The molecule has 1 aromatic heterocycles. The highest BCUT2D eigenvalue weighted by molar-refractivity contribution is 6.04. The summed E-state index contributed by atoms with van der Waals surface area (Å²) in [4.78, 5) is 13.9. The quantitative estimate of drug-likeness (QED) is 0.685. The molecular weight excluding hydrogens is 345 g/mol. The molecule has 0 fully saturated rings. The van der Waals surface area contributed by atoms with Crippen LogP contribution in [0.4, 0.5) is 30.2 Å². The van der Waals surface area contributed by atoms with Crippen molar-refractivity contribution >= 4 is 23.0 Å². The number of carbonyl (C=O) groups is 1. The third-order valence-corrected chi connectivity index (χ3v) is 3.82. The number of para-hydroxylation sites is 1. The van der Waals surface area contributed by atoms with Gasteiger partial charge in [-0.1, -0.05) is 18.2 Å². The zero-order valence-corrected chi connectivity index (χ0v) is 13.7. The zero-order chi connectivity index (χ0) is 18.7. The van der Waals surface area contributed by atoms with Crippen LogP contribution in [-0.2, 0) is 6.18 Å². The number of hydrogen-bond donors (Lipinski definition) is 1. The van der Waals surface area contributed by atoms with Crippen LogP contribution in [0.2, 0.25) is 0 Å². The highest BCUT2D eigenvalue weighted by atomic mass is 19.4. The predicted molar refractivity (Wildman–Crippen MR) is 92.6 cm³/mol. The van der Waals surface area contributed by atoms with E-state index in [1.165, 1.54) is 24.5 Å². The minimum Gasteiger partial charge on any atom is -0.459 e. The monoisotopic (exact) mass is 360 g/mol.